The van der Waals surface area contributed by atoms with Crippen molar-refractivity contribution in [2.24, 2.45) is 0 Å². The minimum atomic E-state index is -0.401. The van der Waals surface area contributed by atoms with Crippen LogP contribution < -0.4 is 0 Å². The van der Waals surface area contributed by atoms with E-state index in [1.54, 1.807) is 18.2 Å². The van der Waals surface area contributed by atoms with E-state index < -0.39 is 6.04 Å². The number of phenolic OH excluding ortho intramolecular Hbond substituents is 1. The van der Waals surface area contributed by atoms with E-state index >= 15 is 0 Å². The molecule has 0 spiro atoms. The van der Waals surface area contributed by atoms with Crippen LogP contribution in [0.1, 0.15) is 37.3 Å². The van der Waals surface area contributed by atoms with Gasteiger partial charge in [0.05, 0.1) is 6.07 Å². The Morgan fingerprint density at radius 2 is 1.89 bits per heavy atom. The molecule has 1 atom stereocenters. The Hall–Kier alpha value is -1.24. The van der Waals surface area contributed by atoms with Crippen LogP contribution in [0, 0.1) is 11.3 Å². The molecule has 4 heteroatoms. The monoisotopic (exact) mass is 264 g/mol. The quantitative estimate of drug-likeness (QED) is 0.890. The van der Waals surface area contributed by atoms with Crippen molar-refractivity contribution >= 4 is 11.6 Å². The molecule has 1 fully saturated rings. The smallest absolute Gasteiger partial charge is 0.127 e. The van der Waals surface area contributed by atoms with Crippen LogP contribution in [-0.2, 0) is 0 Å². The molecule has 1 aromatic rings. The van der Waals surface area contributed by atoms with Gasteiger partial charge in [-0.25, -0.2) is 0 Å². The van der Waals surface area contributed by atoms with Crippen LogP contribution in [0.25, 0.3) is 0 Å². The van der Waals surface area contributed by atoms with Crippen LogP contribution in [0.15, 0.2) is 18.2 Å². The molecule has 0 bridgehead atoms. The van der Waals surface area contributed by atoms with Crippen molar-refractivity contribution in [2.45, 2.75) is 31.7 Å². The Labute approximate surface area is 113 Å². The van der Waals surface area contributed by atoms with Crippen LogP contribution in [0.4, 0.5) is 0 Å². The molecule has 18 heavy (non-hydrogen) atoms. The molecule has 1 N–H and O–H groups in total. The van der Waals surface area contributed by atoms with Gasteiger partial charge in [0.2, 0.25) is 0 Å². The maximum absolute atomic E-state index is 9.90. The highest BCUT2D eigenvalue weighted by Crippen LogP contribution is 2.32. The summed E-state index contributed by atoms with van der Waals surface area (Å²) in [7, 11) is 0. The summed E-state index contributed by atoms with van der Waals surface area (Å²) in [5, 5.41) is 19.8. The maximum atomic E-state index is 9.90. The average molecular weight is 265 g/mol. The number of likely N-dealkylation sites (tertiary alicyclic amines) is 1. The van der Waals surface area contributed by atoms with Gasteiger partial charge in [0.1, 0.15) is 11.8 Å². The van der Waals surface area contributed by atoms with E-state index in [1.165, 1.54) is 12.8 Å². The standard InChI is InChI=1S/C14H17ClN2O/c15-11-5-6-14(18)12(9-11)13(10-16)17-7-3-1-2-4-8-17/h5-6,9,13,18H,1-4,7-8H2. The molecule has 0 aromatic heterocycles. The minimum absolute atomic E-state index is 0.148. The van der Waals surface area contributed by atoms with Crippen LogP contribution in [0.3, 0.4) is 0 Å². The first-order chi connectivity index (χ1) is 8.72. The third-order valence-electron chi connectivity index (χ3n) is 3.41. The molecule has 0 amide bonds. The zero-order valence-electron chi connectivity index (χ0n) is 10.3. The van der Waals surface area contributed by atoms with E-state index in [-0.39, 0.29) is 5.75 Å². The van der Waals surface area contributed by atoms with Gasteiger partial charge in [0, 0.05) is 10.6 Å². The van der Waals surface area contributed by atoms with Gasteiger partial charge in [-0.05, 0) is 44.1 Å². The molecule has 1 unspecified atom stereocenters. The maximum Gasteiger partial charge on any atom is 0.127 e. The predicted octanol–water partition coefficient (Wildman–Crippen LogP) is 3.49. The lowest BCUT2D eigenvalue weighted by Crippen LogP contribution is -2.29. The van der Waals surface area contributed by atoms with E-state index in [0.717, 1.165) is 25.9 Å². The number of phenols is 1. The van der Waals surface area contributed by atoms with Gasteiger partial charge >= 0.3 is 0 Å². The van der Waals surface area contributed by atoms with Gasteiger partial charge in [-0.3, -0.25) is 4.90 Å². The zero-order valence-corrected chi connectivity index (χ0v) is 11.0. The first-order valence-electron chi connectivity index (χ1n) is 6.34. The lowest BCUT2D eigenvalue weighted by Gasteiger charge is -2.26. The normalized spacial score (nSPS) is 18.9. The third kappa shape index (κ3) is 2.95. The Bertz CT molecular complexity index is 448. The summed E-state index contributed by atoms with van der Waals surface area (Å²) in [5.74, 6) is 0.148. The number of aromatic hydroxyl groups is 1. The van der Waals surface area contributed by atoms with Crippen molar-refractivity contribution in [1.29, 1.82) is 5.26 Å². The fraction of sp³-hybridized carbons (Fsp3) is 0.500. The van der Waals surface area contributed by atoms with E-state index in [4.69, 9.17) is 11.6 Å². The zero-order chi connectivity index (χ0) is 13.0. The SMILES string of the molecule is N#CC(c1cc(Cl)ccc1O)N1CCCCCC1. The van der Waals surface area contributed by atoms with Crippen LogP contribution in [0.2, 0.25) is 5.02 Å². The van der Waals surface area contributed by atoms with Crippen molar-refractivity contribution in [1.82, 2.24) is 4.90 Å². The minimum Gasteiger partial charge on any atom is -0.508 e. The highest BCUT2D eigenvalue weighted by atomic mass is 35.5. The molecule has 0 saturated carbocycles. The summed E-state index contributed by atoms with van der Waals surface area (Å²) < 4.78 is 0. The predicted molar refractivity (Wildman–Crippen MR) is 71.5 cm³/mol. The molecule has 1 saturated heterocycles. The molecular weight excluding hydrogens is 248 g/mol. The number of nitriles is 1. The molecule has 96 valence electrons. The van der Waals surface area contributed by atoms with Crippen LogP contribution >= 0.6 is 11.6 Å². The number of benzene rings is 1. The lowest BCUT2D eigenvalue weighted by atomic mass is 10.0. The Morgan fingerprint density at radius 1 is 1.22 bits per heavy atom. The van der Waals surface area contributed by atoms with Gasteiger partial charge in [-0.15, -0.1) is 0 Å². The molecule has 2 rings (SSSR count). The number of rotatable bonds is 2. The second-order valence-corrected chi connectivity index (χ2v) is 5.12. The lowest BCUT2D eigenvalue weighted by molar-refractivity contribution is 0.242. The van der Waals surface area contributed by atoms with Gasteiger partial charge in [0.15, 0.2) is 0 Å². The van der Waals surface area contributed by atoms with Crippen molar-refractivity contribution in [3.8, 4) is 11.8 Å². The molecule has 0 aliphatic carbocycles. The Morgan fingerprint density at radius 3 is 2.50 bits per heavy atom. The highest BCUT2D eigenvalue weighted by Gasteiger charge is 2.23. The molecule has 1 heterocycles. The summed E-state index contributed by atoms with van der Waals surface area (Å²) in [5.41, 5.74) is 0.618. The molecule has 0 radical (unpaired) electrons. The average Bonchev–Trinajstić information content (AvgIpc) is 2.64. The number of nitrogens with zero attached hydrogens (tertiary/aromatic N) is 2. The van der Waals surface area contributed by atoms with Crippen molar-refractivity contribution in [3.05, 3.63) is 28.8 Å². The van der Waals surface area contributed by atoms with E-state index in [1.807, 2.05) is 0 Å². The second kappa shape index (κ2) is 6.08. The van der Waals surface area contributed by atoms with Crippen molar-refractivity contribution in [2.75, 3.05) is 13.1 Å². The first kappa shape index (κ1) is 13.2. The van der Waals surface area contributed by atoms with Gasteiger partial charge in [-0.1, -0.05) is 24.4 Å². The van der Waals surface area contributed by atoms with Gasteiger partial charge < -0.3 is 5.11 Å². The van der Waals surface area contributed by atoms with E-state index in [0.29, 0.717) is 10.6 Å². The summed E-state index contributed by atoms with van der Waals surface area (Å²) >= 11 is 5.95. The van der Waals surface area contributed by atoms with Crippen molar-refractivity contribution < 1.29 is 5.11 Å². The largest absolute Gasteiger partial charge is 0.508 e. The Kier molecular flexibility index (Phi) is 4.46. The number of halogens is 1. The summed E-state index contributed by atoms with van der Waals surface area (Å²) in [6, 6.07) is 6.77. The van der Waals surface area contributed by atoms with E-state index in [9.17, 15) is 10.4 Å². The first-order valence-corrected chi connectivity index (χ1v) is 6.72. The molecule has 1 aliphatic heterocycles. The molecule has 1 aromatic carbocycles. The van der Waals surface area contributed by atoms with Crippen LogP contribution in [0.5, 0.6) is 5.75 Å². The number of hydrogen-bond acceptors (Lipinski definition) is 3. The van der Waals surface area contributed by atoms with Gasteiger partial charge in [-0.2, -0.15) is 5.26 Å². The van der Waals surface area contributed by atoms with Crippen molar-refractivity contribution in [3.63, 3.8) is 0 Å². The fourth-order valence-electron chi connectivity index (χ4n) is 2.45. The van der Waals surface area contributed by atoms with E-state index in [2.05, 4.69) is 11.0 Å². The molecular formula is C14H17ClN2O. The molecule has 1 aliphatic rings. The van der Waals surface area contributed by atoms with Gasteiger partial charge in [0.25, 0.3) is 0 Å². The summed E-state index contributed by atoms with van der Waals surface area (Å²) in [6.07, 6.45) is 4.66. The Balaban J connectivity index is 2.26. The van der Waals surface area contributed by atoms with Crippen LogP contribution in [-0.4, -0.2) is 23.1 Å². The molecule has 3 nitrogen and oxygen atoms in total. The highest BCUT2D eigenvalue weighted by molar-refractivity contribution is 6.30. The second-order valence-electron chi connectivity index (χ2n) is 4.68. The summed E-state index contributed by atoms with van der Waals surface area (Å²) in [6.45, 7) is 1.81. The topological polar surface area (TPSA) is 47.3 Å². The fourth-order valence-corrected chi connectivity index (χ4v) is 2.63. The number of hydrogen-bond donors (Lipinski definition) is 1. The third-order valence-corrected chi connectivity index (χ3v) is 3.65. The summed E-state index contributed by atoms with van der Waals surface area (Å²) in [4.78, 5) is 2.14.